The zero-order chi connectivity index (χ0) is 17.4. The van der Waals surface area contributed by atoms with Gasteiger partial charge in [0, 0.05) is 24.9 Å². The van der Waals surface area contributed by atoms with Crippen molar-refractivity contribution < 1.29 is 4.79 Å². The molecule has 1 unspecified atom stereocenters. The second-order valence-electron chi connectivity index (χ2n) is 7.95. The highest BCUT2D eigenvalue weighted by molar-refractivity contribution is 5.78. The minimum atomic E-state index is 0.119. The fourth-order valence-electron chi connectivity index (χ4n) is 4.93. The van der Waals surface area contributed by atoms with Crippen LogP contribution in [0.2, 0.25) is 0 Å². The number of likely N-dealkylation sites (N-methyl/N-ethyl adjacent to an activating group) is 1. The Balaban J connectivity index is 1.57. The van der Waals surface area contributed by atoms with Crippen molar-refractivity contribution in [1.29, 1.82) is 0 Å². The number of carbonyl (C=O) groups is 1. The Labute approximate surface area is 150 Å². The molecule has 1 aliphatic carbocycles. The zero-order valence-corrected chi connectivity index (χ0v) is 15.3. The summed E-state index contributed by atoms with van der Waals surface area (Å²) < 4.78 is 0. The van der Waals surface area contributed by atoms with E-state index in [-0.39, 0.29) is 5.41 Å². The van der Waals surface area contributed by atoms with Gasteiger partial charge in [-0.2, -0.15) is 0 Å². The molecule has 1 fully saturated rings. The fraction of sp³-hybridized carbons (Fsp3) is 0.435. The number of rotatable bonds is 3. The Morgan fingerprint density at radius 3 is 2.60 bits per heavy atom. The van der Waals surface area contributed by atoms with E-state index in [1.807, 2.05) is 11.9 Å². The SMILES string of the molecule is CN1C(=O)CC[C@]2(C)c3ccc(CCc4ccccc4)cc3CCC12. The molecule has 1 heterocycles. The smallest absolute Gasteiger partial charge is 0.222 e. The van der Waals surface area contributed by atoms with Gasteiger partial charge in [-0.15, -0.1) is 0 Å². The van der Waals surface area contributed by atoms with E-state index in [9.17, 15) is 4.79 Å². The number of amides is 1. The number of likely N-dealkylation sites (tertiary alicyclic amines) is 1. The first-order valence-corrected chi connectivity index (χ1v) is 9.50. The average molecular weight is 333 g/mol. The third-order valence-electron chi connectivity index (χ3n) is 6.47. The summed E-state index contributed by atoms with van der Waals surface area (Å²) in [6, 6.07) is 18.2. The normalized spacial score (nSPS) is 25.4. The van der Waals surface area contributed by atoms with Gasteiger partial charge in [0.1, 0.15) is 0 Å². The Kier molecular flexibility index (Phi) is 4.15. The molecule has 0 spiro atoms. The van der Waals surface area contributed by atoms with Crippen LogP contribution in [0.25, 0.3) is 0 Å². The monoisotopic (exact) mass is 333 g/mol. The molecule has 1 aliphatic heterocycles. The van der Waals surface area contributed by atoms with Gasteiger partial charge in [0.15, 0.2) is 0 Å². The number of benzene rings is 2. The van der Waals surface area contributed by atoms with E-state index < -0.39 is 0 Å². The molecule has 2 atom stereocenters. The van der Waals surface area contributed by atoms with Crippen molar-refractivity contribution in [2.75, 3.05) is 7.05 Å². The summed E-state index contributed by atoms with van der Waals surface area (Å²) in [6.07, 6.45) is 6.03. The number of hydrogen-bond acceptors (Lipinski definition) is 1. The summed E-state index contributed by atoms with van der Waals surface area (Å²) in [5.74, 6) is 0.311. The predicted octanol–water partition coefficient (Wildman–Crippen LogP) is 4.30. The van der Waals surface area contributed by atoms with Crippen LogP contribution in [0.1, 0.15) is 48.4 Å². The number of fused-ring (bicyclic) bond motifs is 3. The molecule has 2 aromatic rings. The summed E-state index contributed by atoms with van der Waals surface area (Å²) >= 11 is 0. The van der Waals surface area contributed by atoms with E-state index >= 15 is 0 Å². The molecule has 4 rings (SSSR count). The third-order valence-corrected chi connectivity index (χ3v) is 6.47. The highest BCUT2D eigenvalue weighted by Gasteiger charge is 2.46. The Morgan fingerprint density at radius 2 is 1.80 bits per heavy atom. The van der Waals surface area contributed by atoms with Gasteiger partial charge in [-0.05, 0) is 54.4 Å². The van der Waals surface area contributed by atoms with E-state index in [1.165, 1.54) is 22.3 Å². The lowest BCUT2D eigenvalue weighted by atomic mass is 9.63. The maximum atomic E-state index is 12.1. The summed E-state index contributed by atoms with van der Waals surface area (Å²) in [4.78, 5) is 14.1. The van der Waals surface area contributed by atoms with Crippen LogP contribution in [0.5, 0.6) is 0 Å². The van der Waals surface area contributed by atoms with E-state index in [1.54, 1.807) is 0 Å². The third kappa shape index (κ3) is 2.88. The van der Waals surface area contributed by atoms with Crippen LogP contribution >= 0.6 is 0 Å². The first kappa shape index (κ1) is 16.4. The molecule has 1 amide bonds. The Morgan fingerprint density at radius 1 is 1.04 bits per heavy atom. The van der Waals surface area contributed by atoms with Gasteiger partial charge in [0.05, 0.1) is 0 Å². The standard InChI is InChI=1S/C23H27NO/c1-23-15-14-22(25)24(2)21(23)13-11-19-16-18(10-12-20(19)23)9-8-17-6-4-3-5-7-17/h3-7,10,12,16,21H,8-9,11,13-15H2,1-2H3/t21?,23-/m1/s1. The maximum Gasteiger partial charge on any atom is 0.222 e. The second-order valence-corrected chi connectivity index (χ2v) is 7.95. The van der Waals surface area contributed by atoms with E-state index in [0.717, 1.165) is 32.1 Å². The number of carbonyl (C=O) groups excluding carboxylic acids is 1. The first-order valence-electron chi connectivity index (χ1n) is 9.50. The number of aryl methyl sites for hydroxylation is 3. The quantitative estimate of drug-likeness (QED) is 0.820. The predicted molar refractivity (Wildman–Crippen MR) is 102 cm³/mol. The first-order chi connectivity index (χ1) is 12.1. The van der Waals surface area contributed by atoms with Crippen molar-refractivity contribution in [1.82, 2.24) is 4.90 Å². The van der Waals surface area contributed by atoms with Crippen molar-refractivity contribution in [2.45, 2.75) is 56.9 Å². The van der Waals surface area contributed by atoms with Gasteiger partial charge < -0.3 is 4.90 Å². The molecule has 0 saturated carbocycles. The van der Waals surface area contributed by atoms with Crippen LogP contribution in [-0.2, 0) is 29.5 Å². The largest absolute Gasteiger partial charge is 0.342 e. The fourth-order valence-corrected chi connectivity index (χ4v) is 4.93. The lowest BCUT2D eigenvalue weighted by molar-refractivity contribution is -0.138. The lowest BCUT2D eigenvalue weighted by Gasteiger charge is -2.50. The molecule has 0 bridgehead atoms. The van der Waals surface area contributed by atoms with E-state index in [4.69, 9.17) is 0 Å². The number of nitrogens with zero attached hydrogens (tertiary/aromatic N) is 1. The number of hydrogen-bond donors (Lipinski definition) is 0. The van der Waals surface area contributed by atoms with Gasteiger partial charge in [-0.1, -0.05) is 55.5 Å². The van der Waals surface area contributed by atoms with Crippen LogP contribution < -0.4 is 0 Å². The molecule has 0 aromatic heterocycles. The van der Waals surface area contributed by atoms with Gasteiger partial charge in [0.25, 0.3) is 0 Å². The van der Waals surface area contributed by atoms with Crippen LogP contribution in [0.15, 0.2) is 48.5 Å². The maximum absolute atomic E-state index is 12.1. The van der Waals surface area contributed by atoms with Crippen LogP contribution in [0.3, 0.4) is 0 Å². The Hall–Kier alpha value is -2.09. The van der Waals surface area contributed by atoms with Gasteiger partial charge >= 0.3 is 0 Å². The van der Waals surface area contributed by atoms with Crippen molar-refractivity contribution in [3.05, 3.63) is 70.8 Å². The Bertz CT molecular complexity index is 782. The van der Waals surface area contributed by atoms with Gasteiger partial charge in [-0.25, -0.2) is 0 Å². The summed E-state index contributed by atoms with van der Waals surface area (Å²) in [5, 5.41) is 0. The molecule has 2 aliphatic rings. The van der Waals surface area contributed by atoms with Crippen molar-refractivity contribution >= 4 is 5.91 Å². The summed E-state index contributed by atoms with van der Waals surface area (Å²) in [7, 11) is 1.99. The molecule has 0 N–H and O–H groups in total. The summed E-state index contributed by atoms with van der Waals surface area (Å²) in [5.41, 5.74) is 5.94. The molecule has 2 nitrogen and oxygen atoms in total. The highest BCUT2D eigenvalue weighted by atomic mass is 16.2. The molecule has 130 valence electrons. The number of piperidine rings is 1. The lowest BCUT2D eigenvalue weighted by Crippen LogP contribution is -2.56. The second kappa shape index (κ2) is 6.33. The minimum absolute atomic E-state index is 0.119. The summed E-state index contributed by atoms with van der Waals surface area (Å²) in [6.45, 7) is 2.36. The molecular weight excluding hydrogens is 306 g/mol. The highest BCUT2D eigenvalue weighted by Crippen LogP contribution is 2.45. The molecule has 2 aromatic carbocycles. The van der Waals surface area contributed by atoms with Gasteiger partial charge in [0.2, 0.25) is 5.91 Å². The zero-order valence-electron chi connectivity index (χ0n) is 15.3. The van der Waals surface area contributed by atoms with E-state index in [2.05, 4.69) is 55.5 Å². The average Bonchev–Trinajstić information content (AvgIpc) is 2.64. The van der Waals surface area contributed by atoms with Crippen LogP contribution in [-0.4, -0.2) is 23.9 Å². The van der Waals surface area contributed by atoms with Crippen molar-refractivity contribution in [3.63, 3.8) is 0 Å². The van der Waals surface area contributed by atoms with Crippen LogP contribution in [0, 0.1) is 0 Å². The molecule has 25 heavy (non-hydrogen) atoms. The molecular formula is C23H27NO. The van der Waals surface area contributed by atoms with Crippen molar-refractivity contribution in [2.24, 2.45) is 0 Å². The molecule has 1 saturated heterocycles. The van der Waals surface area contributed by atoms with Gasteiger partial charge in [-0.3, -0.25) is 4.79 Å². The molecule has 2 heteroatoms. The van der Waals surface area contributed by atoms with E-state index in [0.29, 0.717) is 18.4 Å². The minimum Gasteiger partial charge on any atom is -0.342 e. The topological polar surface area (TPSA) is 20.3 Å². The van der Waals surface area contributed by atoms with Crippen molar-refractivity contribution in [3.8, 4) is 0 Å². The molecule has 0 radical (unpaired) electrons. The van der Waals surface area contributed by atoms with Crippen LogP contribution in [0.4, 0.5) is 0 Å².